The van der Waals surface area contributed by atoms with Gasteiger partial charge < -0.3 is 15.8 Å². The number of nitrogen functional groups attached to an aromatic ring is 1. The number of hydrogen-bond acceptors (Lipinski definition) is 3. The zero-order chi connectivity index (χ0) is 16.8. The quantitative estimate of drug-likeness (QED) is 0.771. The molecule has 0 aromatic heterocycles. The van der Waals surface area contributed by atoms with Gasteiger partial charge in [-0.3, -0.25) is 4.79 Å². The average molecular weight is 353 g/mol. The minimum Gasteiger partial charge on any atom is -0.495 e. The fourth-order valence-corrected chi connectivity index (χ4v) is 2.28. The fraction of sp³-hybridized carbons (Fsp3) is 0.278. The standard InChI is InChI=1S/C18H21FN2O2.ClH/c1-12(6-7-13-4-3-5-14(19)10-13)18(22)21-15-8-9-17(23-2)16(20)11-15;/h3-5,8-12H,6-7,20H2,1-2H3,(H,21,22);1H. The van der Waals surface area contributed by atoms with Gasteiger partial charge in [-0.25, -0.2) is 4.39 Å². The number of ether oxygens (including phenoxy) is 1. The molecule has 2 aromatic rings. The van der Waals surface area contributed by atoms with Gasteiger partial charge in [-0.1, -0.05) is 19.1 Å². The second-order valence-corrected chi connectivity index (χ2v) is 5.52. The van der Waals surface area contributed by atoms with Crippen LogP contribution in [-0.2, 0) is 11.2 Å². The number of anilines is 2. The van der Waals surface area contributed by atoms with Crippen molar-refractivity contribution in [1.29, 1.82) is 0 Å². The highest BCUT2D eigenvalue weighted by atomic mass is 35.5. The number of hydrogen-bond donors (Lipinski definition) is 2. The number of carbonyl (C=O) groups excluding carboxylic acids is 1. The summed E-state index contributed by atoms with van der Waals surface area (Å²) in [5.74, 6) is 0.0306. The van der Waals surface area contributed by atoms with Crippen molar-refractivity contribution < 1.29 is 13.9 Å². The molecular formula is C18H22ClFN2O2. The van der Waals surface area contributed by atoms with E-state index >= 15 is 0 Å². The van der Waals surface area contributed by atoms with Gasteiger partial charge in [-0.05, 0) is 48.7 Å². The highest BCUT2D eigenvalue weighted by molar-refractivity contribution is 5.93. The molecule has 0 aliphatic carbocycles. The van der Waals surface area contributed by atoms with Crippen molar-refractivity contribution in [2.45, 2.75) is 19.8 Å². The van der Waals surface area contributed by atoms with Crippen LogP contribution in [0.15, 0.2) is 42.5 Å². The predicted octanol–water partition coefficient (Wildman–Crippen LogP) is 4.05. The smallest absolute Gasteiger partial charge is 0.227 e. The number of nitrogens with one attached hydrogen (secondary N) is 1. The van der Waals surface area contributed by atoms with E-state index in [0.717, 1.165) is 5.56 Å². The molecule has 3 N–H and O–H groups in total. The fourth-order valence-electron chi connectivity index (χ4n) is 2.28. The number of aryl methyl sites for hydroxylation is 1. The lowest BCUT2D eigenvalue weighted by Gasteiger charge is -2.13. The highest BCUT2D eigenvalue weighted by Gasteiger charge is 2.14. The lowest BCUT2D eigenvalue weighted by molar-refractivity contribution is -0.119. The van der Waals surface area contributed by atoms with Crippen LogP contribution in [0.4, 0.5) is 15.8 Å². The molecule has 0 heterocycles. The zero-order valence-electron chi connectivity index (χ0n) is 13.7. The van der Waals surface area contributed by atoms with E-state index in [9.17, 15) is 9.18 Å². The Bertz CT molecular complexity index is 694. The van der Waals surface area contributed by atoms with E-state index in [-0.39, 0.29) is 30.0 Å². The first-order chi connectivity index (χ1) is 11.0. The molecule has 24 heavy (non-hydrogen) atoms. The SMILES string of the molecule is COc1ccc(NC(=O)C(C)CCc2cccc(F)c2)cc1N.Cl. The van der Waals surface area contributed by atoms with Crippen molar-refractivity contribution in [3.63, 3.8) is 0 Å². The van der Waals surface area contributed by atoms with E-state index in [1.165, 1.54) is 12.1 Å². The first-order valence-electron chi connectivity index (χ1n) is 7.48. The van der Waals surface area contributed by atoms with E-state index < -0.39 is 0 Å². The van der Waals surface area contributed by atoms with Gasteiger partial charge in [-0.2, -0.15) is 0 Å². The average Bonchev–Trinajstić information content (AvgIpc) is 2.53. The largest absolute Gasteiger partial charge is 0.495 e. The Morgan fingerprint density at radius 2 is 2.04 bits per heavy atom. The summed E-state index contributed by atoms with van der Waals surface area (Å²) in [6.45, 7) is 1.85. The Labute approximate surface area is 147 Å². The summed E-state index contributed by atoms with van der Waals surface area (Å²) in [6.07, 6.45) is 1.29. The van der Waals surface area contributed by atoms with Crippen LogP contribution in [0.1, 0.15) is 18.9 Å². The molecule has 0 aliphatic heterocycles. The minimum atomic E-state index is -0.256. The number of amides is 1. The second-order valence-electron chi connectivity index (χ2n) is 5.52. The summed E-state index contributed by atoms with van der Waals surface area (Å²) in [7, 11) is 1.54. The molecule has 0 spiro atoms. The van der Waals surface area contributed by atoms with Crippen molar-refractivity contribution in [1.82, 2.24) is 0 Å². The monoisotopic (exact) mass is 352 g/mol. The first-order valence-corrected chi connectivity index (χ1v) is 7.48. The van der Waals surface area contributed by atoms with Gasteiger partial charge in [0.1, 0.15) is 11.6 Å². The molecule has 1 atom stereocenters. The molecule has 2 rings (SSSR count). The maximum atomic E-state index is 13.1. The van der Waals surface area contributed by atoms with Crippen molar-refractivity contribution in [3.05, 3.63) is 53.8 Å². The van der Waals surface area contributed by atoms with E-state index in [1.807, 2.05) is 13.0 Å². The van der Waals surface area contributed by atoms with Gasteiger partial charge in [0.15, 0.2) is 0 Å². The lowest BCUT2D eigenvalue weighted by Crippen LogP contribution is -2.21. The molecule has 1 amide bonds. The maximum Gasteiger partial charge on any atom is 0.227 e. The van der Waals surface area contributed by atoms with Gasteiger partial charge in [0.2, 0.25) is 5.91 Å². The third kappa shape index (κ3) is 5.42. The Morgan fingerprint density at radius 3 is 2.67 bits per heavy atom. The van der Waals surface area contributed by atoms with Crippen molar-refractivity contribution in [2.75, 3.05) is 18.2 Å². The predicted molar refractivity (Wildman–Crippen MR) is 97.2 cm³/mol. The molecule has 0 radical (unpaired) electrons. The number of halogens is 2. The Balaban J connectivity index is 0.00000288. The molecule has 6 heteroatoms. The van der Waals surface area contributed by atoms with E-state index in [4.69, 9.17) is 10.5 Å². The van der Waals surface area contributed by atoms with E-state index in [0.29, 0.717) is 30.0 Å². The van der Waals surface area contributed by atoms with E-state index in [2.05, 4.69) is 5.32 Å². The van der Waals surface area contributed by atoms with Gasteiger partial charge in [-0.15, -0.1) is 12.4 Å². The van der Waals surface area contributed by atoms with Crippen LogP contribution in [0.5, 0.6) is 5.75 Å². The van der Waals surface area contributed by atoms with Crippen LogP contribution in [0, 0.1) is 11.7 Å². The lowest BCUT2D eigenvalue weighted by atomic mass is 10.00. The summed E-state index contributed by atoms with van der Waals surface area (Å²) in [5, 5.41) is 2.83. The van der Waals surface area contributed by atoms with Gasteiger partial charge in [0, 0.05) is 11.6 Å². The van der Waals surface area contributed by atoms with Crippen LogP contribution in [0.25, 0.3) is 0 Å². The Kier molecular flexibility index (Phi) is 7.52. The van der Waals surface area contributed by atoms with Crippen molar-refractivity contribution >= 4 is 29.7 Å². The summed E-state index contributed by atoms with van der Waals surface area (Å²) in [4.78, 5) is 12.2. The molecule has 130 valence electrons. The van der Waals surface area contributed by atoms with Crippen molar-refractivity contribution in [2.24, 2.45) is 5.92 Å². The molecule has 0 saturated heterocycles. The number of benzene rings is 2. The van der Waals surface area contributed by atoms with Gasteiger partial charge >= 0.3 is 0 Å². The molecule has 1 unspecified atom stereocenters. The third-order valence-electron chi connectivity index (χ3n) is 3.70. The van der Waals surface area contributed by atoms with Crippen molar-refractivity contribution in [3.8, 4) is 5.75 Å². The molecule has 0 aliphatic rings. The molecule has 0 bridgehead atoms. The van der Waals surface area contributed by atoms with Gasteiger partial charge in [0.25, 0.3) is 0 Å². The third-order valence-corrected chi connectivity index (χ3v) is 3.70. The summed E-state index contributed by atoms with van der Waals surface area (Å²) < 4.78 is 18.2. The highest BCUT2D eigenvalue weighted by Crippen LogP contribution is 2.25. The number of rotatable bonds is 6. The normalized spacial score (nSPS) is 11.3. The summed E-state index contributed by atoms with van der Waals surface area (Å²) >= 11 is 0. The van der Waals surface area contributed by atoms with Crippen LogP contribution in [0.2, 0.25) is 0 Å². The summed E-state index contributed by atoms with van der Waals surface area (Å²) in [5.41, 5.74) is 7.81. The molecule has 2 aromatic carbocycles. The van der Waals surface area contributed by atoms with Crippen LogP contribution in [-0.4, -0.2) is 13.0 Å². The maximum absolute atomic E-state index is 13.1. The zero-order valence-corrected chi connectivity index (χ0v) is 14.5. The van der Waals surface area contributed by atoms with Crippen LogP contribution in [0.3, 0.4) is 0 Å². The topological polar surface area (TPSA) is 64.3 Å². The Morgan fingerprint density at radius 1 is 1.29 bits per heavy atom. The molecule has 4 nitrogen and oxygen atoms in total. The molecule has 0 saturated carbocycles. The first kappa shape index (κ1) is 19.8. The number of nitrogens with two attached hydrogens (primary N) is 1. The summed E-state index contributed by atoms with van der Waals surface area (Å²) in [6, 6.07) is 11.6. The van der Waals surface area contributed by atoms with Crippen LogP contribution < -0.4 is 15.8 Å². The molecular weight excluding hydrogens is 331 g/mol. The minimum absolute atomic E-state index is 0. The van der Waals surface area contributed by atoms with Gasteiger partial charge in [0.05, 0.1) is 12.8 Å². The van der Waals surface area contributed by atoms with E-state index in [1.54, 1.807) is 31.4 Å². The molecule has 0 fully saturated rings. The second kappa shape index (κ2) is 9.13. The number of methoxy groups -OCH3 is 1. The number of carbonyl (C=O) groups is 1. The Hall–Kier alpha value is -2.27. The van der Waals surface area contributed by atoms with Crippen LogP contribution >= 0.6 is 12.4 Å².